The first-order valence-corrected chi connectivity index (χ1v) is 11.8. The topological polar surface area (TPSA) is 130 Å². The number of benzene rings is 2. The van der Waals surface area contributed by atoms with Crippen LogP contribution < -0.4 is 10.6 Å². The molecule has 4 aromatic rings. The number of aromatic nitrogens is 3. The third kappa shape index (κ3) is 8.92. The number of carboxylic acid groups (broad SMARTS) is 1. The summed E-state index contributed by atoms with van der Waals surface area (Å²) >= 11 is 0. The molecule has 4 rings (SSSR count). The number of rotatable bonds is 5. The number of carbonyl (C=O) groups is 2. The summed E-state index contributed by atoms with van der Waals surface area (Å²) in [7, 11) is 0. The van der Waals surface area contributed by atoms with Gasteiger partial charge in [0, 0.05) is 24.4 Å². The molecule has 0 unspecified atom stereocenters. The number of alkyl halides is 9. The van der Waals surface area contributed by atoms with Gasteiger partial charge in [-0.3, -0.25) is 4.98 Å². The quantitative estimate of drug-likeness (QED) is 0.201. The number of urea groups is 1. The van der Waals surface area contributed by atoms with Gasteiger partial charge in [0.2, 0.25) is 11.7 Å². The van der Waals surface area contributed by atoms with Crippen molar-refractivity contribution >= 4 is 17.7 Å². The molecule has 44 heavy (non-hydrogen) atoms. The first-order valence-electron chi connectivity index (χ1n) is 11.8. The molecule has 1 atom stereocenters. The van der Waals surface area contributed by atoms with Crippen molar-refractivity contribution in [3.05, 3.63) is 95.1 Å². The molecule has 18 heteroatoms. The highest BCUT2D eigenvalue weighted by Crippen LogP contribution is 2.36. The van der Waals surface area contributed by atoms with Crippen molar-refractivity contribution in [2.45, 2.75) is 31.5 Å². The summed E-state index contributed by atoms with van der Waals surface area (Å²) in [6, 6.07) is 9.08. The van der Waals surface area contributed by atoms with Gasteiger partial charge in [0.15, 0.2) is 0 Å². The molecule has 2 aromatic heterocycles. The van der Waals surface area contributed by atoms with Crippen LogP contribution in [0.15, 0.2) is 71.4 Å². The average molecular weight is 635 g/mol. The number of anilines is 1. The van der Waals surface area contributed by atoms with Gasteiger partial charge in [-0.05, 0) is 42.0 Å². The minimum atomic E-state index is -5.08. The molecule has 0 aliphatic rings. The largest absolute Gasteiger partial charge is 0.490 e. The van der Waals surface area contributed by atoms with Gasteiger partial charge < -0.3 is 20.3 Å². The second-order valence-electron chi connectivity index (χ2n) is 8.61. The van der Waals surface area contributed by atoms with Crippen LogP contribution in [0.1, 0.15) is 34.3 Å². The minimum Gasteiger partial charge on any atom is -0.475 e. The monoisotopic (exact) mass is 635 g/mol. The standard InChI is InChI=1S/C24H17F6N5O2.C2HF3O2/c1-13-32-21(35-37-13)15-4-2-5-17(12-15)33-22(36)34-19(14-7-9-16(10-8-14)23(25,26)27)20-18(24(28,29)30)6-3-11-31-20;3-2(4,5)1(6)7/h2-12,19H,1H3,(H2,33,34,36);(H,6,7)/t19-;/m0./s1. The van der Waals surface area contributed by atoms with Gasteiger partial charge >= 0.3 is 30.5 Å². The molecule has 0 aliphatic heterocycles. The number of carbonyl (C=O) groups excluding carboxylic acids is 1. The van der Waals surface area contributed by atoms with Gasteiger partial charge in [0.25, 0.3) is 0 Å². The van der Waals surface area contributed by atoms with Crippen LogP contribution in [0, 0.1) is 6.92 Å². The summed E-state index contributed by atoms with van der Waals surface area (Å²) in [4.78, 5) is 29.6. The van der Waals surface area contributed by atoms with E-state index in [-0.39, 0.29) is 17.1 Å². The Morgan fingerprint density at radius 1 is 0.886 bits per heavy atom. The zero-order valence-electron chi connectivity index (χ0n) is 21.8. The van der Waals surface area contributed by atoms with Crippen molar-refractivity contribution in [3.63, 3.8) is 0 Å². The Labute approximate surface area is 240 Å². The fourth-order valence-corrected chi connectivity index (χ4v) is 3.51. The Bertz CT molecular complexity index is 1600. The highest BCUT2D eigenvalue weighted by Gasteiger charge is 2.39. The third-order valence-electron chi connectivity index (χ3n) is 5.41. The Kier molecular flexibility index (Phi) is 9.86. The van der Waals surface area contributed by atoms with Crippen LogP contribution in [0.5, 0.6) is 0 Å². The Morgan fingerprint density at radius 3 is 2.05 bits per heavy atom. The number of hydrogen-bond donors (Lipinski definition) is 3. The number of aryl methyl sites for hydroxylation is 1. The van der Waals surface area contributed by atoms with Crippen LogP contribution in [0.3, 0.4) is 0 Å². The third-order valence-corrected chi connectivity index (χ3v) is 5.41. The first kappa shape index (κ1) is 33.3. The van der Waals surface area contributed by atoms with E-state index in [2.05, 4.69) is 25.8 Å². The Hall–Kier alpha value is -5.16. The Balaban J connectivity index is 0.000000676. The van der Waals surface area contributed by atoms with E-state index in [9.17, 15) is 44.3 Å². The number of carboxylic acids is 1. The number of halogens is 9. The maximum Gasteiger partial charge on any atom is 0.490 e. The molecule has 0 saturated carbocycles. The zero-order chi connectivity index (χ0) is 32.9. The molecule has 0 bridgehead atoms. The fraction of sp³-hybridized carbons (Fsp3) is 0.192. The molecular weight excluding hydrogens is 617 g/mol. The second-order valence-corrected chi connectivity index (χ2v) is 8.61. The Morgan fingerprint density at radius 2 is 1.52 bits per heavy atom. The minimum absolute atomic E-state index is 0.0385. The van der Waals surface area contributed by atoms with Gasteiger partial charge in [-0.15, -0.1) is 0 Å². The lowest BCUT2D eigenvalue weighted by Crippen LogP contribution is -2.35. The van der Waals surface area contributed by atoms with E-state index in [4.69, 9.17) is 14.4 Å². The van der Waals surface area contributed by atoms with Crippen LogP contribution in [0.25, 0.3) is 11.4 Å². The van der Waals surface area contributed by atoms with E-state index < -0.39 is 53.4 Å². The van der Waals surface area contributed by atoms with Gasteiger partial charge in [-0.2, -0.15) is 44.5 Å². The number of nitrogens with zero attached hydrogens (tertiary/aromatic N) is 3. The average Bonchev–Trinajstić information content (AvgIpc) is 3.37. The first-order chi connectivity index (χ1) is 20.4. The summed E-state index contributed by atoms with van der Waals surface area (Å²) < 4.78 is 117. The van der Waals surface area contributed by atoms with Gasteiger partial charge in [-0.25, -0.2) is 9.59 Å². The number of pyridine rings is 1. The maximum atomic E-state index is 13.7. The van der Waals surface area contributed by atoms with Crippen LogP contribution >= 0.6 is 0 Å². The number of nitrogens with one attached hydrogen (secondary N) is 2. The van der Waals surface area contributed by atoms with Crippen molar-refractivity contribution in [2.24, 2.45) is 0 Å². The summed E-state index contributed by atoms with van der Waals surface area (Å²) in [6.45, 7) is 1.60. The molecular formula is C26H18F9N5O4. The predicted octanol–water partition coefficient (Wildman–Crippen LogP) is 7.02. The van der Waals surface area contributed by atoms with Crippen LogP contribution in [0.4, 0.5) is 50.0 Å². The van der Waals surface area contributed by atoms with Crippen LogP contribution in [-0.4, -0.2) is 38.4 Å². The van der Waals surface area contributed by atoms with E-state index in [0.717, 1.165) is 30.5 Å². The SMILES string of the molecule is Cc1nc(-c2cccc(NC(=O)N[C@@H](c3ccc(C(F)(F)F)cc3)c3ncccc3C(F)(F)F)c2)no1.O=C(O)C(F)(F)F. The maximum absolute atomic E-state index is 13.7. The molecule has 0 fully saturated rings. The van der Waals surface area contributed by atoms with Crippen molar-refractivity contribution in [2.75, 3.05) is 5.32 Å². The molecule has 0 saturated heterocycles. The lowest BCUT2D eigenvalue weighted by molar-refractivity contribution is -0.192. The van der Waals surface area contributed by atoms with E-state index >= 15 is 0 Å². The highest BCUT2D eigenvalue weighted by atomic mass is 19.4. The molecule has 9 nitrogen and oxygen atoms in total. The lowest BCUT2D eigenvalue weighted by Gasteiger charge is -2.23. The number of hydrogen-bond acceptors (Lipinski definition) is 6. The molecule has 2 heterocycles. The predicted molar refractivity (Wildman–Crippen MR) is 133 cm³/mol. The smallest absolute Gasteiger partial charge is 0.475 e. The fourth-order valence-electron chi connectivity index (χ4n) is 3.51. The zero-order valence-corrected chi connectivity index (χ0v) is 21.8. The molecule has 3 N–H and O–H groups in total. The molecule has 0 aliphatic carbocycles. The van der Waals surface area contributed by atoms with Gasteiger partial charge in [0.05, 0.1) is 22.9 Å². The van der Waals surface area contributed by atoms with Crippen LogP contribution in [0.2, 0.25) is 0 Å². The molecule has 234 valence electrons. The van der Waals surface area contributed by atoms with Crippen molar-refractivity contribution in [3.8, 4) is 11.4 Å². The number of aliphatic carboxylic acids is 1. The number of amides is 2. The van der Waals surface area contributed by atoms with E-state index in [0.29, 0.717) is 23.6 Å². The normalized spacial score (nSPS) is 12.5. The molecule has 0 radical (unpaired) electrons. The second kappa shape index (κ2) is 13.0. The highest BCUT2D eigenvalue weighted by molar-refractivity contribution is 5.90. The summed E-state index contributed by atoms with van der Waals surface area (Å²) in [5.74, 6) is -2.18. The van der Waals surface area contributed by atoms with Crippen LogP contribution in [-0.2, 0) is 17.1 Å². The molecule has 0 spiro atoms. The summed E-state index contributed by atoms with van der Waals surface area (Å²) in [6.07, 6.45) is -13.5. The lowest BCUT2D eigenvalue weighted by atomic mass is 9.98. The van der Waals surface area contributed by atoms with E-state index in [1.54, 1.807) is 19.1 Å². The van der Waals surface area contributed by atoms with Crippen molar-refractivity contribution in [1.82, 2.24) is 20.4 Å². The van der Waals surface area contributed by atoms with Crippen molar-refractivity contribution < 1.29 is 58.7 Å². The van der Waals surface area contributed by atoms with E-state index in [1.807, 2.05) is 0 Å². The summed E-state index contributed by atoms with van der Waals surface area (Å²) in [5, 5.41) is 15.8. The van der Waals surface area contributed by atoms with Gasteiger partial charge in [0.1, 0.15) is 0 Å². The molecule has 2 aromatic carbocycles. The van der Waals surface area contributed by atoms with E-state index in [1.165, 1.54) is 12.1 Å². The summed E-state index contributed by atoms with van der Waals surface area (Å²) in [5.41, 5.74) is -2.01. The molecule has 2 amide bonds. The van der Waals surface area contributed by atoms with Gasteiger partial charge in [-0.1, -0.05) is 29.4 Å². The van der Waals surface area contributed by atoms with Crippen molar-refractivity contribution in [1.29, 1.82) is 0 Å².